The van der Waals surface area contributed by atoms with Crippen molar-refractivity contribution < 1.29 is 19.1 Å². The molecule has 7 nitrogen and oxygen atoms in total. The summed E-state index contributed by atoms with van der Waals surface area (Å²) in [5.74, 6) is -0.909. The van der Waals surface area contributed by atoms with E-state index in [2.05, 4.69) is 16.8 Å². The summed E-state index contributed by atoms with van der Waals surface area (Å²) in [5.41, 5.74) is 1.79. The number of carbonyl (C=O) groups is 2. The van der Waals surface area contributed by atoms with Crippen LogP contribution in [0.1, 0.15) is 25.1 Å². The Balaban J connectivity index is 1.66. The SMILES string of the molecule is CCC(=O)C1=C(O)C(=O)N(c2ccc(N3CCN(C)CC3)cc2)C1c1ccco1. The number of hydrogen-bond donors (Lipinski definition) is 1. The van der Waals surface area contributed by atoms with Crippen LogP contribution in [0.25, 0.3) is 0 Å². The average molecular weight is 395 g/mol. The lowest BCUT2D eigenvalue weighted by Crippen LogP contribution is -2.44. The minimum absolute atomic E-state index is 0.0931. The number of ketones is 1. The standard InChI is InChI=1S/C22H25N3O4/c1-3-17(26)19-20(18-5-4-14-29-18)25(22(28)21(19)27)16-8-6-15(7-9-16)24-12-10-23(2)11-13-24/h4-9,14,20,27H,3,10-13H2,1-2H3. The van der Waals surface area contributed by atoms with Gasteiger partial charge in [-0.25, -0.2) is 0 Å². The van der Waals surface area contributed by atoms with E-state index < -0.39 is 17.7 Å². The molecule has 0 saturated carbocycles. The second kappa shape index (κ2) is 7.75. The zero-order valence-corrected chi connectivity index (χ0v) is 16.7. The molecule has 1 fully saturated rings. The van der Waals surface area contributed by atoms with Crippen molar-refractivity contribution in [2.45, 2.75) is 19.4 Å². The molecule has 2 aliphatic rings. The van der Waals surface area contributed by atoms with Crippen molar-refractivity contribution in [3.8, 4) is 0 Å². The van der Waals surface area contributed by atoms with Crippen molar-refractivity contribution in [3.05, 3.63) is 59.8 Å². The molecule has 1 aromatic carbocycles. The maximum absolute atomic E-state index is 12.9. The maximum Gasteiger partial charge on any atom is 0.294 e. The fraction of sp³-hybridized carbons (Fsp3) is 0.364. The monoisotopic (exact) mass is 395 g/mol. The van der Waals surface area contributed by atoms with E-state index in [0.717, 1.165) is 31.9 Å². The van der Waals surface area contributed by atoms with Crippen molar-refractivity contribution in [2.24, 2.45) is 0 Å². The first-order chi connectivity index (χ1) is 14.0. The number of furan rings is 1. The van der Waals surface area contributed by atoms with Crippen LogP contribution < -0.4 is 9.80 Å². The molecule has 7 heteroatoms. The Morgan fingerprint density at radius 2 is 1.76 bits per heavy atom. The van der Waals surface area contributed by atoms with Gasteiger partial charge in [0.2, 0.25) is 0 Å². The van der Waals surface area contributed by atoms with Crippen molar-refractivity contribution >= 4 is 23.1 Å². The highest BCUT2D eigenvalue weighted by molar-refractivity contribution is 6.16. The van der Waals surface area contributed by atoms with Crippen molar-refractivity contribution in [3.63, 3.8) is 0 Å². The third-order valence-corrected chi connectivity index (χ3v) is 5.64. The quantitative estimate of drug-likeness (QED) is 0.839. The molecule has 0 radical (unpaired) electrons. The average Bonchev–Trinajstić information content (AvgIpc) is 3.35. The predicted octanol–water partition coefficient (Wildman–Crippen LogP) is 2.91. The highest BCUT2D eigenvalue weighted by atomic mass is 16.3. The first-order valence-electron chi connectivity index (χ1n) is 9.88. The van der Waals surface area contributed by atoms with Gasteiger partial charge in [-0.1, -0.05) is 6.92 Å². The van der Waals surface area contributed by atoms with Crippen LogP contribution >= 0.6 is 0 Å². The number of aliphatic hydroxyl groups excluding tert-OH is 1. The lowest BCUT2D eigenvalue weighted by atomic mass is 9.99. The zero-order chi connectivity index (χ0) is 20.5. The number of anilines is 2. The van der Waals surface area contributed by atoms with E-state index in [4.69, 9.17) is 4.42 Å². The van der Waals surface area contributed by atoms with Crippen LogP contribution in [-0.2, 0) is 9.59 Å². The van der Waals surface area contributed by atoms with Crippen LogP contribution in [0.3, 0.4) is 0 Å². The molecule has 0 bridgehead atoms. The molecule has 152 valence electrons. The van der Waals surface area contributed by atoms with Crippen LogP contribution in [0, 0.1) is 0 Å². The molecule has 2 aliphatic heterocycles. The highest BCUT2D eigenvalue weighted by Gasteiger charge is 2.45. The summed E-state index contributed by atoms with van der Waals surface area (Å²) in [7, 11) is 2.11. The molecule has 0 aliphatic carbocycles. The third-order valence-electron chi connectivity index (χ3n) is 5.64. The van der Waals surface area contributed by atoms with Crippen LogP contribution in [0.5, 0.6) is 0 Å². The summed E-state index contributed by atoms with van der Waals surface area (Å²) in [4.78, 5) is 31.4. The summed E-state index contributed by atoms with van der Waals surface area (Å²) in [6, 6.07) is 10.3. The smallest absolute Gasteiger partial charge is 0.294 e. The summed E-state index contributed by atoms with van der Waals surface area (Å²) in [5, 5.41) is 10.5. The molecule has 2 aromatic rings. The van der Waals surface area contributed by atoms with Gasteiger partial charge in [-0.3, -0.25) is 14.5 Å². The number of amides is 1. The van der Waals surface area contributed by atoms with E-state index in [1.165, 1.54) is 11.2 Å². The Morgan fingerprint density at radius 1 is 1.10 bits per heavy atom. The number of carbonyl (C=O) groups excluding carboxylic acids is 2. The summed E-state index contributed by atoms with van der Waals surface area (Å²) in [6.45, 7) is 5.62. The normalized spacial score (nSPS) is 20.6. The molecule has 0 spiro atoms. The van der Waals surface area contributed by atoms with Crippen LogP contribution in [0.4, 0.5) is 11.4 Å². The van der Waals surface area contributed by atoms with E-state index in [9.17, 15) is 14.7 Å². The molecule has 1 atom stereocenters. The molecular weight excluding hydrogens is 370 g/mol. The number of likely N-dealkylation sites (N-methyl/N-ethyl adjacent to an activating group) is 1. The first-order valence-corrected chi connectivity index (χ1v) is 9.88. The third kappa shape index (κ3) is 3.42. The van der Waals surface area contributed by atoms with Gasteiger partial charge in [0.15, 0.2) is 11.5 Å². The summed E-state index contributed by atoms with van der Waals surface area (Å²) >= 11 is 0. The van der Waals surface area contributed by atoms with E-state index >= 15 is 0 Å². The predicted molar refractivity (Wildman–Crippen MR) is 110 cm³/mol. The lowest BCUT2D eigenvalue weighted by molar-refractivity contribution is -0.118. The number of hydrogen-bond acceptors (Lipinski definition) is 6. The zero-order valence-electron chi connectivity index (χ0n) is 16.7. The van der Waals surface area contributed by atoms with Gasteiger partial charge in [0.05, 0.1) is 11.8 Å². The van der Waals surface area contributed by atoms with Gasteiger partial charge >= 0.3 is 0 Å². The number of benzene rings is 1. The van der Waals surface area contributed by atoms with Crippen LogP contribution in [0.2, 0.25) is 0 Å². The van der Waals surface area contributed by atoms with E-state index in [-0.39, 0.29) is 17.8 Å². The van der Waals surface area contributed by atoms with Gasteiger partial charge in [0.1, 0.15) is 11.8 Å². The highest BCUT2D eigenvalue weighted by Crippen LogP contribution is 2.41. The Morgan fingerprint density at radius 3 is 2.34 bits per heavy atom. The van der Waals surface area contributed by atoms with Gasteiger partial charge < -0.3 is 19.3 Å². The van der Waals surface area contributed by atoms with Gasteiger partial charge in [-0.15, -0.1) is 0 Å². The topological polar surface area (TPSA) is 77.2 Å². The molecular formula is C22H25N3O4. The molecule has 1 aromatic heterocycles. The number of nitrogens with zero attached hydrogens (tertiary/aromatic N) is 3. The molecule has 1 N–H and O–H groups in total. The van der Waals surface area contributed by atoms with Crippen molar-refractivity contribution in [2.75, 3.05) is 43.0 Å². The molecule has 4 rings (SSSR count). The summed E-state index contributed by atoms with van der Waals surface area (Å²) in [6.07, 6.45) is 1.69. The number of piperazine rings is 1. The Hall–Kier alpha value is -3.06. The largest absolute Gasteiger partial charge is 0.503 e. The fourth-order valence-electron chi connectivity index (χ4n) is 3.95. The summed E-state index contributed by atoms with van der Waals surface area (Å²) < 4.78 is 5.52. The van der Waals surface area contributed by atoms with Gasteiger partial charge in [-0.05, 0) is 43.4 Å². The minimum Gasteiger partial charge on any atom is -0.503 e. The molecule has 3 heterocycles. The van der Waals surface area contributed by atoms with Crippen molar-refractivity contribution in [1.82, 2.24) is 4.90 Å². The fourth-order valence-corrected chi connectivity index (χ4v) is 3.95. The van der Waals surface area contributed by atoms with Gasteiger partial charge in [0, 0.05) is 44.0 Å². The second-order valence-corrected chi connectivity index (χ2v) is 7.44. The number of Topliss-reactive ketones (excluding diaryl/α,β-unsaturated/α-hetero) is 1. The van der Waals surface area contributed by atoms with Crippen molar-refractivity contribution in [1.29, 1.82) is 0 Å². The van der Waals surface area contributed by atoms with E-state index in [0.29, 0.717) is 11.4 Å². The maximum atomic E-state index is 12.9. The van der Waals surface area contributed by atoms with Crippen LogP contribution in [-0.4, -0.2) is 54.9 Å². The first kappa shape index (κ1) is 19.3. The van der Waals surface area contributed by atoms with E-state index in [1.807, 2.05) is 24.3 Å². The second-order valence-electron chi connectivity index (χ2n) is 7.44. The van der Waals surface area contributed by atoms with Crippen LogP contribution in [0.15, 0.2) is 58.4 Å². The molecule has 1 saturated heterocycles. The molecule has 1 unspecified atom stereocenters. The Bertz CT molecular complexity index is 925. The van der Waals surface area contributed by atoms with Gasteiger partial charge in [-0.2, -0.15) is 0 Å². The lowest BCUT2D eigenvalue weighted by Gasteiger charge is -2.34. The number of aliphatic hydroxyl groups is 1. The molecule has 29 heavy (non-hydrogen) atoms. The Labute approximate surface area is 169 Å². The Kier molecular flexibility index (Phi) is 5.15. The van der Waals surface area contributed by atoms with E-state index in [1.54, 1.807) is 19.1 Å². The van der Waals surface area contributed by atoms with Gasteiger partial charge in [0.25, 0.3) is 5.91 Å². The number of rotatable bonds is 5. The minimum atomic E-state index is -0.764. The molecule has 1 amide bonds.